The van der Waals surface area contributed by atoms with Crippen LogP contribution in [-0.4, -0.2) is 5.78 Å². The second-order valence-electron chi connectivity index (χ2n) is 4.12. The molecule has 1 aromatic carbocycles. The van der Waals surface area contributed by atoms with Crippen molar-refractivity contribution in [1.29, 1.82) is 0 Å². The maximum absolute atomic E-state index is 11.8. The van der Waals surface area contributed by atoms with Crippen LogP contribution in [0, 0.1) is 0 Å². The predicted molar refractivity (Wildman–Crippen MR) is 73.4 cm³/mol. The molecule has 88 valence electrons. The Balaban J connectivity index is 2.43. The maximum atomic E-state index is 11.8. The molecule has 0 unspecified atom stereocenters. The smallest absolute Gasteiger partial charge is 0.267 e. The zero-order chi connectivity index (χ0) is 12.5. The molecule has 2 heterocycles. The number of hydrogen-bond donors (Lipinski definition) is 0. The van der Waals surface area contributed by atoms with Crippen molar-refractivity contribution in [3.63, 3.8) is 0 Å². The number of ketones is 1. The van der Waals surface area contributed by atoms with E-state index in [0.29, 0.717) is 0 Å². The van der Waals surface area contributed by atoms with Gasteiger partial charge in [0.15, 0.2) is 0 Å². The molecule has 0 spiro atoms. The van der Waals surface area contributed by atoms with Gasteiger partial charge in [0.1, 0.15) is 0 Å². The lowest BCUT2D eigenvalue weighted by Gasteiger charge is -2.02. The van der Waals surface area contributed by atoms with Gasteiger partial charge in [-0.05, 0) is 23.6 Å². The number of rotatable bonds is 2. The Kier molecular flexibility index (Phi) is 2.68. The Bertz CT molecular complexity index is 716. The van der Waals surface area contributed by atoms with Gasteiger partial charge in [-0.1, -0.05) is 23.5 Å². The van der Waals surface area contributed by atoms with Crippen molar-refractivity contribution in [3.05, 3.63) is 59.6 Å². The standard InChI is InChI=1S/C15H12NOS/c1-11(17)13-9-8-12-5-2-3-6-14(12)16(13)15-7-4-10-18-15/h2-10H,1H3/q+1. The number of carbonyl (C=O) groups excluding carboxylic acids is 1. The van der Waals surface area contributed by atoms with E-state index >= 15 is 0 Å². The molecule has 2 nitrogen and oxygen atoms in total. The van der Waals surface area contributed by atoms with Gasteiger partial charge in [0.25, 0.3) is 10.7 Å². The molecule has 0 radical (unpaired) electrons. The molecule has 0 N–H and O–H groups in total. The Hall–Kier alpha value is -2.00. The van der Waals surface area contributed by atoms with Crippen molar-refractivity contribution in [2.45, 2.75) is 6.92 Å². The van der Waals surface area contributed by atoms with Gasteiger partial charge in [0, 0.05) is 30.5 Å². The molecule has 0 saturated heterocycles. The number of pyridine rings is 1. The third kappa shape index (κ3) is 1.73. The van der Waals surface area contributed by atoms with E-state index in [-0.39, 0.29) is 5.78 Å². The predicted octanol–water partition coefficient (Wildman–Crippen LogP) is 3.38. The highest BCUT2D eigenvalue weighted by Crippen LogP contribution is 2.16. The van der Waals surface area contributed by atoms with E-state index in [9.17, 15) is 4.79 Å². The Labute approximate surface area is 109 Å². The topological polar surface area (TPSA) is 20.9 Å². The van der Waals surface area contributed by atoms with Crippen molar-refractivity contribution in [2.75, 3.05) is 0 Å². The zero-order valence-corrected chi connectivity index (χ0v) is 10.8. The zero-order valence-electron chi connectivity index (χ0n) is 9.96. The van der Waals surface area contributed by atoms with Crippen molar-refractivity contribution in [2.24, 2.45) is 0 Å². The van der Waals surface area contributed by atoms with Crippen molar-refractivity contribution in [3.8, 4) is 5.00 Å². The van der Waals surface area contributed by atoms with Crippen LogP contribution in [0.5, 0.6) is 0 Å². The molecule has 0 atom stereocenters. The molecule has 0 bridgehead atoms. The summed E-state index contributed by atoms with van der Waals surface area (Å²) in [5.74, 6) is 0.0779. The average molecular weight is 254 g/mol. The minimum atomic E-state index is 0.0779. The molecule has 0 fully saturated rings. The fourth-order valence-electron chi connectivity index (χ4n) is 2.11. The molecular weight excluding hydrogens is 242 g/mol. The lowest BCUT2D eigenvalue weighted by molar-refractivity contribution is -0.565. The first kappa shape index (κ1) is 11.1. The van der Waals surface area contributed by atoms with Crippen molar-refractivity contribution < 1.29 is 9.36 Å². The molecule has 18 heavy (non-hydrogen) atoms. The van der Waals surface area contributed by atoms with E-state index in [4.69, 9.17) is 0 Å². The number of para-hydroxylation sites is 1. The molecule has 2 aromatic heterocycles. The van der Waals surface area contributed by atoms with E-state index in [0.717, 1.165) is 21.6 Å². The quantitative estimate of drug-likeness (QED) is 0.507. The summed E-state index contributed by atoms with van der Waals surface area (Å²) in [6, 6.07) is 16.0. The van der Waals surface area contributed by atoms with Crippen LogP contribution in [0.4, 0.5) is 0 Å². The van der Waals surface area contributed by atoms with Crippen LogP contribution in [0.25, 0.3) is 15.9 Å². The van der Waals surface area contributed by atoms with Crippen LogP contribution >= 0.6 is 11.3 Å². The second kappa shape index (κ2) is 4.35. The normalized spacial score (nSPS) is 10.7. The van der Waals surface area contributed by atoms with Crippen molar-refractivity contribution in [1.82, 2.24) is 0 Å². The van der Waals surface area contributed by atoms with Crippen LogP contribution in [0.2, 0.25) is 0 Å². The molecule has 3 rings (SSSR count). The highest BCUT2D eigenvalue weighted by atomic mass is 32.1. The van der Waals surface area contributed by atoms with Gasteiger partial charge in [-0.2, -0.15) is 0 Å². The van der Waals surface area contributed by atoms with E-state index in [1.54, 1.807) is 18.3 Å². The Morgan fingerprint density at radius 3 is 2.61 bits per heavy atom. The van der Waals surface area contributed by atoms with Crippen LogP contribution < -0.4 is 4.57 Å². The van der Waals surface area contributed by atoms with E-state index in [2.05, 4.69) is 6.07 Å². The summed E-state index contributed by atoms with van der Waals surface area (Å²) in [6.07, 6.45) is 0. The van der Waals surface area contributed by atoms with Gasteiger partial charge in [-0.15, -0.1) is 4.57 Å². The molecule has 0 amide bonds. The van der Waals surface area contributed by atoms with Gasteiger partial charge < -0.3 is 0 Å². The minimum Gasteiger partial charge on any atom is -0.288 e. The van der Waals surface area contributed by atoms with E-state index < -0.39 is 0 Å². The van der Waals surface area contributed by atoms with Gasteiger partial charge in [-0.25, -0.2) is 0 Å². The summed E-state index contributed by atoms with van der Waals surface area (Å²) >= 11 is 1.63. The van der Waals surface area contributed by atoms with Crippen molar-refractivity contribution >= 4 is 28.0 Å². The molecule has 0 saturated carbocycles. The van der Waals surface area contributed by atoms with Gasteiger partial charge >= 0.3 is 0 Å². The summed E-state index contributed by atoms with van der Waals surface area (Å²) in [7, 11) is 0. The minimum absolute atomic E-state index is 0.0779. The first-order valence-corrected chi connectivity index (χ1v) is 6.64. The largest absolute Gasteiger partial charge is 0.288 e. The summed E-state index contributed by atoms with van der Waals surface area (Å²) < 4.78 is 2.03. The molecular formula is C15H12NOS+. The number of nitrogens with zero attached hydrogens (tertiary/aromatic N) is 1. The summed E-state index contributed by atoms with van der Waals surface area (Å²) in [4.78, 5) is 11.8. The lowest BCUT2D eigenvalue weighted by atomic mass is 10.1. The number of carbonyl (C=O) groups is 1. The van der Waals surface area contributed by atoms with Crippen LogP contribution in [0.15, 0.2) is 53.9 Å². The second-order valence-corrected chi connectivity index (χ2v) is 5.05. The fourth-order valence-corrected chi connectivity index (χ4v) is 2.87. The number of thiophene rings is 1. The van der Waals surface area contributed by atoms with Gasteiger partial charge in [-0.3, -0.25) is 4.79 Å². The van der Waals surface area contributed by atoms with Crippen LogP contribution in [0.3, 0.4) is 0 Å². The lowest BCUT2D eigenvalue weighted by Crippen LogP contribution is -2.37. The van der Waals surface area contributed by atoms with Gasteiger partial charge in [0.05, 0.1) is 0 Å². The van der Waals surface area contributed by atoms with E-state index in [1.807, 2.05) is 52.4 Å². The third-order valence-corrected chi connectivity index (χ3v) is 3.78. The van der Waals surface area contributed by atoms with E-state index in [1.165, 1.54) is 0 Å². The Morgan fingerprint density at radius 2 is 1.89 bits per heavy atom. The van der Waals surface area contributed by atoms with Gasteiger partial charge in [0.2, 0.25) is 11.3 Å². The first-order chi connectivity index (χ1) is 8.77. The number of hydrogen-bond acceptors (Lipinski definition) is 2. The number of fused-ring (bicyclic) bond motifs is 1. The molecule has 3 aromatic rings. The molecule has 0 aliphatic rings. The summed E-state index contributed by atoms with van der Waals surface area (Å²) in [6.45, 7) is 1.61. The molecule has 0 aliphatic heterocycles. The number of benzene rings is 1. The maximum Gasteiger partial charge on any atom is 0.267 e. The molecule has 0 aliphatic carbocycles. The highest BCUT2D eigenvalue weighted by molar-refractivity contribution is 7.12. The fraction of sp³-hybridized carbons (Fsp3) is 0.0667. The monoisotopic (exact) mass is 254 g/mol. The average Bonchev–Trinajstić information content (AvgIpc) is 2.90. The third-order valence-electron chi connectivity index (χ3n) is 2.93. The Morgan fingerprint density at radius 1 is 1.06 bits per heavy atom. The highest BCUT2D eigenvalue weighted by Gasteiger charge is 2.21. The van der Waals surface area contributed by atoms with Crippen LogP contribution in [-0.2, 0) is 0 Å². The number of Topliss-reactive ketones (excluding diaryl/α,β-unsaturated/α-hetero) is 1. The number of aromatic nitrogens is 1. The molecule has 3 heteroatoms. The van der Waals surface area contributed by atoms with Crippen LogP contribution in [0.1, 0.15) is 17.4 Å². The SMILES string of the molecule is CC(=O)c1ccc2ccccc2[n+]1-c1cccs1. The first-order valence-electron chi connectivity index (χ1n) is 5.76. The summed E-state index contributed by atoms with van der Waals surface area (Å²) in [5.41, 5.74) is 1.78. The summed E-state index contributed by atoms with van der Waals surface area (Å²) in [5, 5.41) is 4.22.